The quantitative estimate of drug-likeness (QED) is 0.0503. The number of hydrogen-bond donors (Lipinski definition) is 6. The zero-order valence-corrected chi connectivity index (χ0v) is 40.6. The Morgan fingerprint density at radius 3 is 1.96 bits per heavy atom. The van der Waals surface area contributed by atoms with Crippen LogP contribution in [0.2, 0.25) is 0 Å². The van der Waals surface area contributed by atoms with Crippen molar-refractivity contribution >= 4 is 45.4 Å². The Balaban J connectivity index is 1.55. The van der Waals surface area contributed by atoms with Crippen molar-refractivity contribution in [2.24, 2.45) is 11.8 Å². The van der Waals surface area contributed by atoms with Crippen molar-refractivity contribution in [3.05, 3.63) is 101 Å². The lowest BCUT2D eigenvalue weighted by Gasteiger charge is -2.30. The van der Waals surface area contributed by atoms with Gasteiger partial charge in [0.15, 0.2) is 5.78 Å². The molecule has 374 valence electrons. The molecule has 69 heavy (non-hydrogen) atoms. The fraction of sp³-hybridized carbons (Fsp3) is 0.480. The molecule has 19 heteroatoms. The highest BCUT2D eigenvalue weighted by atomic mass is 32.2. The Hall–Kier alpha value is -6.04. The zero-order chi connectivity index (χ0) is 50.7. The summed E-state index contributed by atoms with van der Waals surface area (Å²) in [5.41, 5.74) is -1.59. The predicted octanol–water partition coefficient (Wildman–Crippen LogP) is 2.45. The SMILES string of the molecule is C#CCNC(=O)c1cc(S(=O)(=O)OCC(C)(O)C(=O)C(CC(C)C)NC(=O)C(Cc2ccccc2)NC(=O)C(CC(C)C)NC(=O)C(CCc2ccccc2)NC(=O)CN2CCOCC2)ccc1F. The smallest absolute Gasteiger partial charge is 0.297 e. The molecule has 17 nitrogen and oxygen atoms in total. The van der Waals surface area contributed by atoms with E-state index in [4.69, 9.17) is 15.3 Å². The minimum absolute atomic E-state index is 0.0266. The monoisotopic (exact) mass is 976 g/mol. The van der Waals surface area contributed by atoms with Gasteiger partial charge in [0.1, 0.15) is 36.2 Å². The first-order valence-corrected chi connectivity index (χ1v) is 24.4. The number of amides is 5. The first-order chi connectivity index (χ1) is 32.7. The minimum Gasteiger partial charge on any atom is -0.380 e. The molecule has 1 fully saturated rings. The minimum atomic E-state index is -4.80. The Bertz CT molecular complexity index is 2370. The van der Waals surface area contributed by atoms with Crippen LogP contribution in [0.4, 0.5) is 4.39 Å². The third-order valence-electron chi connectivity index (χ3n) is 11.1. The fourth-order valence-corrected chi connectivity index (χ4v) is 8.49. The largest absolute Gasteiger partial charge is 0.380 e. The van der Waals surface area contributed by atoms with E-state index in [2.05, 4.69) is 32.5 Å². The van der Waals surface area contributed by atoms with Crippen LogP contribution in [-0.4, -0.2) is 130 Å². The Morgan fingerprint density at radius 1 is 0.797 bits per heavy atom. The van der Waals surface area contributed by atoms with Crippen LogP contribution in [-0.2, 0) is 55.9 Å². The number of benzene rings is 3. The maximum absolute atomic E-state index is 14.5. The zero-order valence-electron chi connectivity index (χ0n) is 39.8. The summed E-state index contributed by atoms with van der Waals surface area (Å²) in [4.78, 5) is 83.9. The number of nitrogens with zero attached hydrogens (tertiary/aromatic N) is 1. The molecule has 1 aliphatic rings. The molecular formula is C50H65FN6O11S. The number of rotatable bonds is 26. The van der Waals surface area contributed by atoms with Crippen LogP contribution < -0.4 is 26.6 Å². The van der Waals surface area contributed by atoms with Crippen molar-refractivity contribution in [2.45, 2.75) is 101 Å². The molecule has 5 atom stereocenters. The van der Waals surface area contributed by atoms with Crippen LogP contribution in [0.25, 0.3) is 0 Å². The lowest BCUT2D eigenvalue weighted by Crippen LogP contribution is -2.60. The fourth-order valence-electron chi connectivity index (χ4n) is 7.48. The van der Waals surface area contributed by atoms with Gasteiger partial charge in [-0.3, -0.25) is 37.9 Å². The maximum atomic E-state index is 14.5. The van der Waals surface area contributed by atoms with Gasteiger partial charge in [0, 0.05) is 19.5 Å². The van der Waals surface area contributed by atoms with Crippen LogP contribution in [0, 0.1) is 30.0 Å². The number of carbonyl (C=O) groups is 6. The number of ketones is 1. The number of hydrogen-bond acceptors (Lipinski definition) is 12. The van der Waals surface area contributed by atoms with Gasteiger partial charge < -0.3 is 36.4 Å². The number of halogens is 1. The van der Waals surface area contributed by atoms with E-state index in [-0.39, 0.29) is 56.5 Å². The van der Waals surface area contributed by atoms with Crippen molar-refractivity contribution in [1.29, 1.82) is 0 Å². The third-order valence-corrected chi connectivity index (χ3v) is 12.4. The van der Waals surface area contributed by atoms with E-state index in [1.54, 1.807) is 44.2 Å². The summed E-state index contributed by atoms with van der Waals surface area (Å²) in [6.07, 6.45) is 5.89. The van der Waals surface area contributed by atoms with Crippen LogP contribution in [0.1, 0.15) is 75.4 Å². The van der Waals surface area contributed by atoms with E-state index in [1.165, 1.54) is 0 Å². The van der Waals surface area contributed by atoms with E-state index in [9.17, 15) is 46.7 Å². The summed E-state index contributed by atoms with van der Waals surface area (Å²) in [7, 11) is -4.80. The number of Topliss-reactive ketones (excluding diaryl/α,β-unsaturated/α-hetero) is 1. The van der Waals surface area contributed by atoms with Crippen LogP contribution in [0.5, 0.6) is 0 Å². The molecule has 0 bridgehead atoms. The van der Waals surface area contributed by atoms with Gasteiger partial charge in [-0.25, -0.2) is 4.39 Å². The maximum Gasteiger partial charge on any atom is 0.297 e. The molecule has 1 saturated heterocycles. The highest BCUT2D eigenvalue weighted by Crippen LogP contribution is 2.22. The van der Waals surface area contributed by atoms with E-state index >= 15 is 0 Å². The highest BCUT2D eigenvalue weighted by Gasteiger charge is 2.40. The number of aryl methyl sites for hydroxylation is 1. The first kappa shape index (κ1) is 55.6. The standard InChI is InChI=1S/C50H65FN6O11S/c1-7-22-52-46(60)38-30-37(19-20-39(38)51)69(65,66)68-32-50(6,64)45(59)41(27-33(2)3)54-49(63)43(29-36-16-12-9-13-17-36)56-48(62)42(28-34(4)5)55-47(61)40(21-18-35-14-10-8-11-15-35)53-44(58)31-57-23-25-67-26-24-57/h1,8-17,19-20,30,33-34,40-43,64H,18,21-29,31-32H2,2-6H3,(H,52,60)(H,53,58)(H,54,63)(H,55,61)(H,56,62). The van der Waals surface area contributed by atoms with Gasteiger partial charge in [0.05, 0.1) is 42.8 Å². The number of aliphatic hydroxyl groups is 1. The second-order valence-corrected chi connectivity index (χ2v) is 19.7. The van der Waals surface area contributed by atoms with Gasteiger partial charge in [0.25, 0.3) is 16.0 Å². The first-order valence-electron chi connectivity index (χ1n) is 22.9. The summed E-state index contributed by atoms with van der Waals surface area (Å²) in [6, 6.07) is 15.6. The van der Waals surface area contributed by atoms with Crippen molar-refractivity contribution in [3.8, 4) is 12.3 Å². The molecule has 5 amide bonds. The van der Waals surface area contributed by atoms with Crippen molar-refractivity contribution < 1.29 is 55.6 Å². The molecule has 4 rings (SSSR count). The molecule has 0 aliphatic carbocycles. The van der Waals surface area contributed by atoms with Gasteiger partial charge in [-0.05, 0) is 73.8 Å². The van der Waals surface area contributed by atoms with E-state index in [0.29, 0.717) is 38.3 Å². The lowest BCUT2D eigenvalue weighted by molar-refractivity contribution is -0.143. The van der Waals surface area contributed by atoms with E-state index < -0.39 is 92.2 Å². The number of carbonyl (C=O) groups excluding carboxylic acids is 6. The van der Waals surface area contributed by atoms with Crippen LogP contribution in [0.3, 0.4) is 0 Å². The normalized spacial score (nSPS) is 15.7. The molecule has 0 spiro atoms. The highest BCUT2D eigenvalue weighted by molar-refractivity contribution is 7.86. The van der Waals surface area contributed by atoms with Crippen molar-refractivity contribution in [1.82, 2.24) is 31.5 Å². The summed E-state index contributed by atoms with van der Waals surface area (Å²) >= 11 is 0. The van der Waals surface area contributed by atoms with Crippen molar-refractivity contribution in [2.75, 3.05) is 46.0 Å². The molecular weight excluding hydrogens is 912 g/mol. The lowest BCUT2D eigenvalue weighted by atomic mass is 9.90. The summed E-state index contributed by atoms with van der Waals surface area (Å²) in [6.45, 7) is 9.01. The second kappa shape index (κ2) is 26.6. The number of ether oxygens (including phenoxy) is 1. The summed E-state index contributed by atoms with van der Waals surface area (Å²) in [5.74, 6) is -3.74. The Kier molecular flexibility index (Phi) is 21.5. The molecule has 1 aliphatic heterocycles. The second-order valence-electron chi connectivity index (χ2n) is 18.0. The summed E-state index contributed by atoms with van der Waals surface area (Å²) in [5, 5.41) is 24.8. The molecule has 0 saturated carbocycles. The third kappa shape index (κ3) is 18.1. The van der Waals surface area contributed by atoms with Crippen LogP contribution >= 0.6 is 0 Å². The van der Waals surface area contributed by atoms with Gasteiger partial charge in [-0.1, -0.05) is 94.3 Å². The van der Waals surface area contributed by atoms with Gasteiger partial charge in [-0.15, -0.1) is 6.42 Å². The molecule has 5 unspecified atom stereocenters. The Morgan fingerprint density at radius 2 is 1.35 bits per heavy atom. The van der Waals surface area contributed by atoms with Gasteiger partial charge >= 0.3 is 0 Å². The predicted molar refractivity (Wildman–Crippen MR) is 255 cm³/mol. The molecule has 0 radical (unpaired) electrons. The molecule has 1 heterocycles. The molecule has 3 aromatic carbocycles. The Labute approximate surface area is 404 Å². The molecule has 3 aromatic rings. The summed E-state index contributed by atoms with van der Waals surface area (Å²) < 4.78 is 51.4. The average Bonchev–Trinajstić information content (AvgIpc) is 3.31. The molecule has 6 N–H and O–H groups in total. The number of nitrogens with one attached hydrogen (secondary N) is 5. The molecule has 0 aromatic heterocycles. The van der Waals surface area contributed by atoms with Gasteiger partial charge in [-0.2, -0.15) is 8.42 Å². The van der Waals surface area contributed by atoms with E-state index in [0.717, 1.165) is 30.7 Å². The number of morpholine rings is 1. The van der Waals surface area contributed by atoms with Crippen molar-refractivity contribution in [3.63, 3.8) is 0 Å². The van der Waals surface area contributed by atoms with E-state index in [1.807, 2.05) is 49.1 Å². The number of terminal acetylenes is 1. The average molecular weight is 977 g/mol. The van der Waals surface area contributed by atoms with Crippen LogP contribution in [0.15, 0.2) is 83.8 Å². The topological polar surface area (TPSA) is 239 Å². The van der Waals surface area contributed by atoms with Gasteiger partial charge in [0.2, 0.25) is 23.6 Å².